The van der Waals surface area contributed by atoms with Gasteiger partial charge in [-0.2, -0.15) is 0 Å². The lowest BCUT2D eigenvalue weighted by Gasteiger charge is -2.40. The summed E-state index contributed by atoms with van der Waals surface area (Å²) < 4.78 is 1.03. The van der Waals surface area contributed by atoms with E-state index in [-0.39, 0.29) is 6.04 Å². The molecule has 0 aliphatic heterocycles. The van der Waals surface area contributed by atoms with Crippen molar-refractivity contribution in [3.8, 4) is 0 Å². The number of carbonyl (C=O) groups is 1. The lowest BCUT2D eigenvalue weighted by atomic mass is 9.95. The SMILES string of the molecule is CCC(c1ccc(Br)cc1)N(CC)C(C)(C)C(=O)O. The number of aliphatic carboxylic acids is 1. The highest BCUT2D eigenvalue weighted by atomic mass is 79.9. The topological polar surface area (TPSA) is 40.5 Å². The molecule has 0 fully saturated rings. The van der Waals surface area contributed by atoms with Crippen LogP contribution in [0.15, 0.2) is 28.7 Å². The van der Waals surface area contributed by atoms with Crippen LogP contribution in [0, 0.1) is 0 Å². The third-order valence-corrected chi connectivity index (χ3v) is 4.13. The minimum atomic E-state index is -0.873. The first-order valence-corrected chi connectivity index (χ1v) is 7.39. The van der Waals surface area contributed by atoms with Gasteiger partial charge < -0.3 is 5.11 Å². The van der Waals surface area contributed by atoms with E-state index < -0.39 is 11.5 Å². The first-order chi connectivity index (χ1) is 8.84. The van der Waals surface area contributed by atoms with Crippen LogP contribution in [-0.4, -0.2) is 28.1 Å². The molecule has 1 aromatic rings. The summed E-state index contributed by atoms with van der Waals surface area (Å²) in [6, 6.07) is 8.22. The molecule has 106 valence electrons. The average Bonchev–Trinajstić information content (AvgIpc) is 2.36. The van der Waals surface area contributed by atoms with E-state index in [1.165, 1.54) is 0 Å². The molecule has 1 rings (SSSR count). The highest BCUT2D eigenvalue weighted by Gasteiger charge is 2.37. The standard InChI is InChI=1S/C15H22BrNO2/c1-5-13(11-7-9-12(16)10-8-11)17(6-2)15(3,4)14(18)19/h7-10,13H,5-6H2,1-4H3,(H,18,19). The molecule has 0 saturated heterocycles. The van der Waals surface area contributed by atoms with Crippen LogP contribution in [-0.2, 0) is 4.79 Å². The van der Waals surface area contributed by atoms with E-state index >= 15 is 0 Å². The minimum Gasteiger partial charge on any atom is -0.480 e. The third-order valence-electron chi connectivity index (χ3n) is 3.60. The predicted molar refractivity (Wildman–Crippen MR) is 81.3 cm³/mol. The molecule has 3 nitrogen and oxygen atoms in total. The Morgan fingerprint density at radius 2 is 1.84 bits per heavy atom. The quantitative estimate of drug-likeness (QED) is 0.855. The summed E-state index contributed by atoms with van der Waals surface area (Å²) in [6.45, 7) is 8.33. The van der Waals surface area contributed by atoms with Crippen molar-refractivity contribution in [2.45, 2.75) is 45.7 Å². The number of carboxylic acid groups (broad SMARTS) is 1. The van der Waals surface area contributed by atoms with Crippen LogP contribution in [0.5, 0.6) is 0 Å². The number of hydrogen-bond acceptors (Lipinski definition) is 2. The smallest absolute Gasteiger partial charge is 0.323 e. The van der Waals surface area contributed by atoms with Crippen molar-refractivity contribution in [2.75, 3.05) is 6.54 Å². The van der Waals surface area contributed by atoms with E-state index in [0.29, 0.717) is 6.54 Å². The van der Waals surface area contributed by atoms with Crippen molar-refractivity contribution < 1.29 is 9.90 Å². The van der Waals surface area contributed by atoms with Crippen LogP contribution in [0.2, 0.25) is 0 Å². The molecule has 4 heteroatoms. The number of nitrogens with zero attached hydrogens (tertiary/aromatic N) is 1. The number of carboxylic acids is 1. The second kappa shape index (κ2) is 6.53. The van der Waals surface area contributed by atoms with Crippen molar-refractivity contribution in [3.05, 3.63) is 34.3 Å². The Morgan fingerprint density at radius 1 is 1.32 bits per heavy atom. The lowest BCUT2D eigenvalue weighted by molar-refractivity contribution is -0.151. The molecule has 1 atom stereocenters. The van der Waals surface area contributed by atoms with E-state index in [4.69, 9.17) is 0 Å². The molecule has 1 unspecified atom stereocenters. The van der Waals surface area contributed by atoms with Gasteiger partial charge in [0, 0.05) is 10.5 Å². The fourth-order valence-corrected chi connectivity index (χ4v) is 2.71. The highest BCUT2D eigenvalue weighted by molar-refractivity contribution is 9.10. The maximum atomic E-state index is 11.5. The molecule has 0 radical (unpaired) electrons. The zero-order valence-corrected chi connectivity index (χ0v) is 13.6. The summed E-state index contributed by atoms with van der Waals surface area (Å²) in [7, 11) is 0. The Hall–Kier alpha value is -0.870. The summed E-state index contributed by atoms with van der Waals surface area (Å²) in [5.41, 5.74) is 0.282. The lowest BCUT2D eigenvalue weighted by Crippen LogP contribution is -2.51. The fraction of sp³-hybridized carbons (Fsp3) is 0.533. The Labute approximate surface area is 123 Å². The highest BCUT2D eigenvalue weighted by Crippen LogP contribution is 2.31. The molecular weight excluding hydrogens is 306 g/mol. The van der Waals surface area contributed by atoms with E-state index in [1.54, 1.807) is 13.8 Å². The third kappa shape index (κ3) is 3.57. The summed E-state index contributed by atoms with van der Waals surface area (Å²) in [6.07, 6.45) is 0.881. The minimum absolute atomic E-state index is 0.115. The molecule has 19 heavy (non-hydrogen) atoms. The van der Waals surface area contributed by atoms with Crippen LogP contribution in [0.4, 0.5) is 0 Å². The molecule has 0 aliphatic carbocycles. The van der Waals surface area contributed by atoms with E-state index in [9.17, 15) is 9.90 Å². The van der Waals surface area contributed by atoms with Crippen LogP contribution in [0.25, 0.3) is 0 Å². The van der Waals surface area contributed by atoms with Gasteiger partial charge >= 0.3 is 5.97 Å². The van der Waals surface area contributed by atoms with Gasteiger partial charge in [-0.05, 0) is 44.5 Å². The molecule has 0 aliphatic rings. The van der Waals surface area contributed by atoms with Gasteiger partial charge in [-0.25, -0.2) is 0 Å². The molecule has 0 bridgehead atoms. The van der Waals surface area contributed by atoms with Gasteiger partial charge in [0.15, 0.2) is 0 Å². The average molecular weight is 328 g/mol. The maximum Gasteiger partial charge on any atom is 0.323 e. The van der Waals surface area contributed by atoms with Crippen LogP contribution < -0.4 is 0 Å². The zero-order valence-electron chi connectivity index (χ0n) is 12.0. The molecule has 1 aromatic carbocycles. The van der Waals surface area contributed by atoms with E-state index in [0.717, 1.165) is 16.5 Å². The molecule has 1 N–H and O–H groups in total. The molecule has 0 amide bonds. The first-order valence-electron chi connectivity index (χ1n) is 6.60. The second-order valence-corrected chi connectivity index (χ2v) is 6.04. The second-order valence-electron chi connectivity index (χ2n) is 5.13. The van der Waals surface area contributed by atoms with Crippen LogP contribution >= 0.6 is 15.9 Å². The molecule has 0 saturated carbocycles. The van der Waals surface area contributed by atoms with Crippen molar-refractivity contribution in [1.29, 1.82) is 0 Å². The van der Waals surface area contributed by atoms with Crippen molar-refractivity contribution in [1.82, 2.24) is 4.90 Å². The molecule has 0 heterocycles. The molecule has 0 aromatic heterocycles. The number of benzene rings is 1. The van der Waals surface area contributed by atoms with Gasteiger partial charge in [0.2, 0.25) is 0 Å². The van der Waals surface area contributed by atoms with Crippen molar-refractivity contribution in [3.63, 3.8) is 0 Å². The van der Waals surface area contributed by atoms with Gasteiger partial charge in [-0.15, -0.1) is 0 Å². The summed E-state index contributed by atoms with van der Waals surface area (Å²) >= 11 is 3.43. The van der Waals surface area contributed by atoms with Crippen LogP contribution in [0.1, 0.15) is 45.7 Å². The first kappa shape index (κ1) is 16.2. The molecule has 0 spiro atoms. The van der Waals surface area contributed by atoms with Gasteiger partial charge in [-0.3, -0.25) is 9.69 Å². The Balaban J connectivity index is 3.12. The maximum absolute atomic E-state index is 11.5. The normalized spacial score (nSPS) is 13.6. The van der Waals surface area contributed by atoms with Crippen LogP contribution in [0.3, 0.4) is 0 Å². The Morgan fingerprint density at radius 3 is 2.21 bits per heavy atom. The van der Waals surface area contributed by atoms with Gasteiger partial charge in [0.1, 0.15) is 5.54 Å². The largest absolute Gasteiger partial charge is 0.480 e. The van der Waals surface area contributed by atoms with Crippen molar-refractivity contribution >= 4 is 21.9 Å². The molecular formula is C15H22BrNO2. The van der Waals surface area contributed by atoms with Gasteiger partial charge in [0.25, 0.3) is 0 Å². The van der Waals surface area contributed by atoms with Crippen molar-refractivity contribution in [2.24, 2.45) is 0 Å². The monoisotopic (exact) mass is 327 g/mol. The van der Waals surface area contributed by atoms with E-state index in [2.05, 4.69) is 35.0 Å². The van der Waals surface area contributed by atoms with Gasteiger partial charge in [-0.1, -0.05) is 41.9 Å². The van der Waals surface area contributed by atoms with E-state index in [1.807, 2.05) is 24.0 Å². The van der Waals surface area contributed by atoms with Gasteiger partial charge in [0.05, 0.1) is 0 Å². The zero-order chi connectivity index (χ0) is 14.6. The predicted octanol–water partition coefficient (Wildman–Crippen LogP) is 4.09. The summed E-state index contributed by atoms with van der Waals surface area (Å²) in [5, 5.41) is 9.43. The Kier molecular flexibility index (Phi) is 5.56. The number of hydrogen-bond donors (Lipinski definition) is 1. The number of rotatable bonds is 6. The summed E-state index contributed by atoms with van der Waals surface area (Å²) in [4.78, 5) is 13.5. The Bertz CT molecular complexity index is 428. The summed E-state index contributed by atoms with van der Waals surface area (Å²) in [5.74, 6) is -0.787. The number of halogens is 1. The fourth-order valence-electron chi connectivity index (χ4n) is 2.45. The number of likely N-dealkylation sites (N-methyl/N-ethyl adjacent to an activating group) is 1.